The number of hydrogen-bond acceptors (Lipinski definition) is 4. The molecule has 2 aliphatic heterocycles. The average molecular weight is 416 g/mol. The zero-order valence-electron chi connectivity index (χ0n) is 17.7. The van der Waals surface area contributed by atoms with E-state index in [0.717, 1.165) is 35.5 Å². The van der Waals surface area contributed by atoms with Gasteiger partial charge in [0.05, 0.1) is 11.6 Å². The molecule has 1 saturated heterocycles. The zero-order valence-corrected chi connectivity index (χ0v) is 17.7. The SMILES string of the molecule is OCCc1ccc2c(c1)C(N1CCC(O)(c3ccccc3)CC1)c1ccccc1CO2. The van der Waals surface area contributed by atoms with E-state index in [1.807, 2.05) is 42.5 Å². The molecule has 0 amide bonds. The van der Waals surface area contributed by atoms with Crippen molar-refractivity contribution in [2.75, 3.05) is 19.7 Å². The molecular weight excluding hydrogens is 386 g/mol. The molecule has 4 nitrogen and oxygen atoms in total. The Bertz CT molecular complexity index is 1040. The van der Waals surface area contributed by atoms with Crippen molar-refractivity contribution in [2.24, 2.45) is 0 Å². The fourth-order valence-corrected chi connectivity index (χ4v) is 5.07. The van der Waals surface area contributed by atoms with Crippen LogP contribution in [0.15, 0.2) is 72.8 Å². The third-order valence-corrected chi connectivity index (χ3v) is 6.80. The minimum Gasteiger partial charge on any atom is -0.489 e. The molecule has 1 unspecified atom stereocenters. The second-order valence-electron chi connectivity index (χ2n) is 8.67. The lowest BCUT2D eigenvalue weighted by atomic mass is 9.82. The van der Waals surface area contributed by atoms with Crippen molar-refractivity contribution in [1.29, 1.82) is 0 Å². The lowest BCUT2D eigenvalue weighted by molar-refractivity contribution is -0.0325. The highest BCUT2D eigenvalue weighted by Gasteiger charge is 2.38. The minimum absolute atomic E-state index is 0.0765. The fraction of sp³-hybridized carbons (Fsp3) is 0.333. The maximum Gasteiger partial charge on any atom is 0.124 e. The van der Waals surface area contributed by atoms with Crippen LogP contribution in [0.1, 0.15) is 46.7 Å². The van der Waals surface area contributed by atoms with Crippen molar-refractivity contribution in [3.8, 4) is 5.75 Å². The predicted octanol–water partition coefficient (Wildman–Crippen LogP) is 4.19. The molecule has 3 aromatic carbocycles. The van der Waals surface area contributed by atoms with Gasteiger partial charge in [-0.25, -0.2) is 0 Å². The van der Waals surface area contributed by atoms with Crippen LogP contribution in [0.3, 0.4) is 0 Å². The Hall–Kier alpha value is -2.66. The molecule has 0 bridgehead atoms. The number of nitrogens with zero attached hydrogens (tertiary/aromatic N) is 1. The highest BCUT2D eigenvalue weighted by molar-refractivity contribution is 5.48. The molecule has 0 spiro atoms. The molecule has 1 atom stereocenters. The van der Waals surface area contributed by atoms with Crippen LogP contribution < -0.4 is 4.74 Å². The van der Waals surface area contributed by atoms with E-state index in [9.17, 15) is 10.2 Å². The zero-order chi connectivity index (χ0) is 21.3. The minimum atomic E-state index is -0.778. The summed E-state index contributed by atoms with van der Waals surface area (Å²) in [5.41, 5.74) is 4.97. The van der Waals surface area contributed by atoms with Gasteiger partial charge in [0.2, 0.25) is 0 Å². The van der Waals surface area contributed by atoms with Crippen molar-refractivity contribution in [2.45, 2.75) is 37.5 Å². The highest BCUT2D eigenvalue weighted by Crippen LogP contribution is 2.43. The molecule has 5 rings (SSSR count). The summed E-state index contributed by atoms with van der Waals surface area (Å²) in [5, 5.41) is 20.8. The van der Waals surface area contributed by atoms with Gasteiger partial charge in [0.1, 0.15) is 12.4 Å². The van der Waals surface area contributed by atoms with Crippen LogP contribution in [0.4, 0.5) is 0 Å². The molecule has 4 heteroatoms. The van der Waals surface area contributed by atoms with E-state index in [4.69, 9.17) is 4.74 Å². The molecule has 2 heterocycles. The van der Waals surface area contributed by atoms with Crippen LogP contribution in [0, 0.1) is 0 Å². The monoisotopic (exact) mass is 415 g/mol. The summed E-state index contributed by atoms with van der Waals surface area (Å²) in [4.78, 5) is 2.48. The summed E-state index contributed by atoms with van der Waals surface area (Å²) in [6, 6.07) is 24.9. The van der Waals surface area contributed by atoms with E-state index < -0.39 is 5.60 Å². The number of fused-ring (bicyclic) bond motifs is 2. The molecule has 0 radical (unpaired) electrons. The van der Waals surface area contributed by atoms with E-state index in [-0.39, 0.29) is 12.6 Å². The number of hydrogen-bond donors (Lipinski definition) is 2. The number of aliphatic hydroxyl groups excluding tert-OH is 1. The van der Waals surface area contributed by atoms with Crippen LogP contribution in [-0.2, 0) is 18.6 Å². The van der Waals surface area contributed by atoms with Gasteiger partial charge in [-0.2, -0.15) is 0 Å². The summed E-state index contributed by atoms with van der Waals surface area (Å²) >= 11 is 0. The van der Waals surface area contributed by atoms with Gasteiger partial charge < -0.3 is 14.9 Å². The normalized spacial score (nSPS) is 20.3. The van der Waals surface area contributed by atoms with Crippen molar-refractivity contribution in [3.05, 3.63) is 101 Å². The van der Waals surface area contributed by atoms with E-state index in [0.29, 0.717) is 25.9 Å². The van der Waals surface area contributed by atoms with Gasteiger partial charge in [-0.05, 0) is 47.6 Å². The number of benzene rings is 3. The topological polar surface area (TPSA) is 52.9 Å². The Morgan fingerprint density at radius 1 is 0.903 bits per heavy atom. The van der Waals surface area contributed by atoms with Gasteiger partial charge in [0, 0.05) is 25.3 Å². The van der Waals surface area contributed by atoms with E-state index >= 15 is 0 Å². The van der Waals surface area contributed by atoms with Crippen molar-refractivity contribution in [3.63, 3.8) is 0 Å². The van der Waals surface area contributed by atoms with Crippen molar-refractivity contribution in [1.82, 2.24) is 4.90 Å². The lowest BCUT2D eigenvalue weighted by Crippen LogP contribution is -2.44. The van der Waals surface area contributed by atoms with Crippen molar-refractivity contribution >= 4 is 0 Å². The van der Waals surface area contributed by atoms with Crippen LogP contribution in [0.5, 0.6) is 5.75 Å². The quantitative estimate of drug-likeness (QED) is 0.671. The number of aliphatic hydroxyl groups is 2. The van der Waals surface area contributed by atoms with Gasteiger partial charge in [0.25, 0.3) is 0 Å². The molecule has 31 heavy (non-hydrogen) atoms. The van der Waals surface area contributed by atoms with Gasteiger partial charge in [-0.3, -0.25) is 4.90 Å². The Morgan fingerprint density at radius 3 is 2.42 bits per heavy atom. The van der Waals surface area contributed by atoms with Gasteiger partial charge in [-0.1, -0.05) is 66.7 Å². The summed E-state index contributed by atoms with van der Waals surface area (Å²) in [7, 11) is 0. The molecule has 3 aromatic rings. The smallest absolute Gasteiger partial charge is 0.124 e. The van der Waals surface area contributed by atoms with Crippen LogP contribution in [0.2, 0.25) is 0 Å². The summed E-state index contributed by atoms with van der Waals surface area (Å²) in [6.07, 6.45) is 2.03. The Morgan fingerprint density at radius 2 is 1.65 bits per heavy atom. The molecule has 160 valence electrons. The number of likely N-dealkylation sites (tertiary alicyclic amines) is 1. The second-order valence-corrected chi connectivity index (χ2v) is 8.67. The lowest BCUT2D eigenvalue weighted by Gasteiger charge is -2.42. The number of piperidine rings is 1. The third-order valence-electron chi connectivity index (χ3n) is 6.80. The first-order chi connectivity index (χ1) is 15.2. The van der Waals surface area contributed by atoms with Crippen LogP contribution >= 0.6 is 0 Å². The Balaban J connectivity index is 1.50. The molecular formula is C27H29NO3. The standard InChI is InChI=1S/C27H29NO3/c29-17-12-20-10-11-25-24(18-20)26(23-9-5-4-6-21(23)19-31-25)28-15-13-27(30,14-16-28)22-7-2-1-3-8-22/h1-11,18,26,29-30H,12-17,19H2. The van der Waals surface area contributed by atoms with Gasteiger partial charge in [-0.15, -0.1) is 0 Å². The fourth-order valence-electron chi connectivity index (χ4n) is 5.07. The first-order valence-corrected chi connectivity index (χ1v) is 11.1. The molecule has 2 N–H and O–H groups in total. The first-order valence-electron chi connectivity index (χ1n) is 11.1. The second kappa shape index (κ2) is 8.46. The maximum absolute atomic E-state index is 11.3. The van der Waals surface area contributed by atoms with E-state index in [1.54, 1.807) is 0 Å². The third kappa shape index (κ3) is 3.87. The highest BCUT2D eigenvalue weighted by atomic mass is 16.5. The van der Waals surface area contributed by atoms with E-state index in [1.165, 1.54) is 11.1 Å². The molecule has 1 fully saturated rings. The maximum atomic E-state index is 11.3. The predicted molar refractivity (Wildman–Crippen MR) is 121 cm³/mol. The van der Waals surface area contributed by atoms with E-state index in [2.05, 4.69) is 35.2 Å². The van der Waals surface area contributed by atoms with Crippen LogP contribution in [-0.4, -0.2) is 34.8 Å². The Kier molecular flexibility index (Phi) is 5.53. The summed E-state index contributed by atoms with van der Waals surface area (Å²) < 4.78 is 6.20. The summed E-state index contributed by atoms with van der Waals surface area (Å²) in [6.45, 7) is 2.29. The van der Waals surface area contributed by atoms with Gasteiger partial charge in [0.15, 0.2) is 0 Å². The molecule has 0 aromatic heterocycles. The van der Waals surface area contributed by atoms with Crippen molar-refractivity contribution < 1.29 is 14.9 Å². The van der Waals surface area contributed by atoms with Gasteiger partial charge >= 0.3 is 0 Å². The molecule has 2 aliphatic rings. The molecule has 0 aliphatic carbocycles. The largest absolute Gasteiger partial charge is 0.489 e. The van der Waals surface area contributed by atoms with Crippen LogP contribution in [0.25, 0.3) is 0 Å². The molecule has 0 saturated carbocycles. The number of rotatable bonds is 4. The average Bonchev–Trinajstić information content (AvgIpc) is 2.97. The Labute approximate surface area is 183 Å². The summed E-state index contributed by atoms with van der Waals surface area (Å²) in [5.74, 6) is 0.909. The first kappa shape index (κ1) is 20.3. The number of ether oxygens (including phenoxy) is 1.